The van der Waals surface area contributed by atoms with Crippen LogP contribution in [0.15, 0.2) is 24.3 Å². The van der Waals surface area contributed by atoms with Crippen molar-refractivity contribution in [1.82, 2.24) is 10.2 Å². The number of carboxylic acid groups (broad SMARTS) is 1. The molecule has 0 spiro atoms. The molecule has 0 aliphatic carbocycles. The van der Waals surface area contributed by atoms with Crippen molar-refractivity contribution in [2.45, 2.75) is 25.8 Å². The number of benzene rings is 1. The molecular formula is C16H22N2O4. The number of nitrogens with zero attached hydrogens (tertiary/aromatic N) is 1. The summed E-state index contributed by atoms with van der Waals surface area (Å²) in [5.41, 5.74) is 1.08. The maximum absolute atomic E-state index is 12.1. The number of carbonyl (C=O) groups is 2. The third kappa shape index (κ3) is 4.13. The van der Waals surface area contributed by atoms with E-state index < -0.39 is 11.9 Å². The summed E-state index contributed by atoms with van der Waals surface area (Å²) in [6.45, 7) is 2.71. The van der Waals surface area contributed by atoms with Crippen molar-refractivity contribution in [1.29, 1.82) is 0 Å². The average molecular weight is 306 g/mol. The van der Waals surface area contributed by atoms with Gasteiger partial charge in [0, 0.05) is 19.1 Å². The molecule has 1 heterocycles. The van der Waals surface area contributed by atoms with E-state index in [1.807, 2.05) is 31.2 Å². The molecule has 0 bridgehead atoms. The van der Waals surface area contributed by atoms with Crippen LogP contribution in [0.1, 0.15) is 18.9 Å². The summed E-state index contributed by atoms with van der Waals surface area (Å²) in [6.07, 6.45) is 1.21. The number of ether oxygens (including phenoxy) is 1. The molecule has 6 nitrogen and oxygen atoms in total. The first-order valence-electron chi connectivity index (χ1n) is 7.40. The van der Waals surface area contributed by atoms with E-state index in [-0.39, 0.29) is 18.6 Å². The summed E-state index contributed by atoms with van der Waals surface area (Å²) in [5, 5.41) is 11.9. The van der Waals surface area contributed by atoms with Gasteiger partial charge in [-0.15, -0.1) is 0 Å². The summed E-state index contributed by atoms with van der Waals surface area (Å²) in [7, 11) is 1.62. The number of hydrogen-bond donors (Lipinski definition) is 2. The van der Waals surface area contributed by atoms with Crippen molar-refractivity contribution in [3.05, 3.63) is 29.8 Å². The Hall–Kier alpha value is -2.24. The minimum atomic E-state index is -0.834. The first kappa shape index (κ1) is 16.1. The largest absolute Gasteiger partial charge is 0.497 e. The molecule has 2 rings (SSSR count). The summed E-state index contributed by atoms with van der Waals surface area (Å²) >= 11 is 0. The number of hydrogen-bond acceptors (Lipinski definition) is 3. The second-order valence-corrected chi connectivity index (χ2v) is 5.68. The molecule has 1 aromatic carbocycles. The quantitative estimate of drug-likeness (QED) is 0.868. The number of aliphatic carboxylic acids is 1. The van der Waals surface area contributed by atoms with Gasteiger partial charge in [0.2, 0.25) is 0 Å². The van der Waals surface area contributed by atoms with Crippen LogP contribution in [0.3, 0.4) is 0 Å². The second-order valence-electron chi connectivity index (χ2n) is 5.68. The lowest BCUT2D eigenvalue weighted by atomic mass is 10.1. The Morgan fingerprint density at radius 3 is 2.91 bits per heavy atom. The predicted molar refractivity (Wildman–Crippen MR) is 82.0 cm³/mol. The fourth-order valence-electron chi connectivity index (χ4n) is 2.65. The van der Waals surface area contributed by atoms with Crippen LogP contribution in [0.2, 0.25) is 0 Å². The van der Waals surface area contributed by atoms with Crippen LogP contribution in [0.4, 0.5) is 4.79 Å². The Kier molecular flexibility index (Phi) is 5.25. The fraction of sp³-hybridized carbons (Fsp3) is 0.500. The molecule has 0 radical (unpaired) electrons. The molecule has 2 amide bonds. The Balaban J connectivity index is 1.85. The van der Waals surface area contributed by atoms with E-state index in [1.165, 1.54) is 0 Å². The maximum atomic E-state index is 12.1. The van der Waals surface area contributed by atoms with Gasteiger partial charge in [0.25, 0.3) is 0 Å². The van der Waals surface area contributed by atoms with Gasteiger partial charge in [0.05, 0.1) is 13.0 Å². The summed E-state index contributed by atoms with van der Waals surface area (Å²) in [6, 6.07) is 7.49. The monoisotopic (exact) mass is 306 g/mol. The lowest BCUT2D eigenvalue weighted by molar-refractivity contribution is -0.141. The Bertz CT molecular complexity index is 547. The van der Waals surface area contributed by atoms with Gasteiger partial charge in [-0.1, -0.05) is 12.1 Å². The molecule has 1 aliphatic rings. The van der Waals surface area contributed by atoms with E-state index in [0.717, 1.165) is 11.3 Å². The molecule has 0 saturated carbocycles. The molecule has 22 heavy (non-hydrogen) atoms. The first-order valence-corrected chi connectivity index (χ1v) is 7.40. The molecule has 1 saturated heterocycles. The first-order chi connectivity index (χ1) is 10.5. The third-order valence-electron chi connectivity index (χ3n) is 3.87. The topological polar surface area (TPSA) is 78.9 Å². The zero-order valence-corrected chi connectivity index (χ0v) is 12.9. The van der Waals surface area contributed by atoms with Crippen LogP contribution in [-0.4, -0.2) is 48.2 Å². The number of likely N-dealkylation sites (tertiary alicyclic amines) is 1. The smallest absolute Gasteiger partial charge is 0.317 e. The van der Waals surface area contributed by atoms with Crippen LogP contribution < -0.4 is 10.1 Å². The van der Waals surface area contributed by atoms with E-state index in [2.05, 4.69) is 5.32 Å². The van der Waals surface area contributed by atoms with Crippen molar-refractivity contribution >= 4 is 12.0 Å². The molecule has 0 aromatic heterocycles. The number of urea groups is 1. The van der Waals surface area contributed by atoms with Gasteiger partial charge in [0.1, 0.15) is 5.75 Å². The van der Waals surface area contributed by atoms with E-state index in [9.17, 15) is 9.59 Å². The van der Waals surface area contributed by atoms with Gasteiger partial charge in [0.15, 0.2) is 0 Å². The zero-order chi connectivity index (χ0) is 16.1. The van der Waals surface area contributed by atoms with Crippen molar-refractivity contribution < 1.29 is 19.4 Å². The van der Waals surface area contributed by atoms with Gasteiger partial charge in [-0.3, -0.25) is 4.79 Å². The lowest BCUT2D eigenvalue weighted by Crippen LogP contribution is -2.43. The standard InChI is InChI=1S/C16H22N2O4/c1-11(8-12-4-3-5-14(9-12)22-2)17-16(21)18-7-6-13(10-18)15(19)20/h3-5,9,11,13H,6-8,10H2,1-2H3,(H,17,21)(H,19,20). The molecule has 6 heteroatoms. The average Bonchev–Trinajstić information content (AvgIpc) is 2.97. The maximum Gasteiger partial charge on any atom is 0.317 e. The lowest BCUT2D eigenvalue weighted by Gasteiger charge is -2.21. The van der Waals surface area contributed by atoms with Crippen molar-refractivity contribution in [2.24, 2.45) is 5.92 Å². The number of amides is 2. The van der Waals surface area contributed by atoms with E-state index in [4.69, 9.17) is 9.84 Å². The highest BCUT2D eigenvalue weighted by Crippen LogP contribution is 2.17. The molecule has 1 aromatic rings. The van der Waals surface area contributed by atoms with Gasteiger partial charge in [-0.25, -0.2) is 4.79 Å². The highest BCUT2D eigenvalue weighted by Gasteiger charge is 2.31. The van der Waals surface area contributed by atoms with Crippen molar-refractivity contribution in [2.75, 3.05) is 20.2 Å². The molecule has 120 valence electrons. The normalized spacial score (nSPS) is 18.8. The Labute approximate surface area is 130 Å². The minimum Gasteiger partial charge on any atom is -0.497 e. The van der Waals surface area contributed by atoms with Crippen molar-refractivity contribution in [3.8, 4) is 5.75 Å². The van der Waals surface area contributed by atoms with Gasteiger partial charge in [-0.05, 0) is 37.5 Å². The summed E-state index contributed by atoms with van der Waals surface area (Å²) in [5.74, 6) is -0.487. The number of nitrogens with one attached hydrogen (secondary N) is 1. The van der Waals surface area contributed by atoms with E-state index >= 15 is 0 Å². The summed E-state index contributed by atoms with van der Waals surface area (Å²) in [4.78, 5) is 24.6. The molecule has 1 aliphatic heterocycles. The van der Waals surface area contributed by atoms with E-state index in [0.29, 0.717) is 19.4 Å². The Morgan fingerprint density at radius 1 is 1.50 bits per heavy atom. The Morgan fingerprint density at radius 2 is 2.27 bits per heavy atom. The highest BCUT2D eigenvalue weighted by atomic mass is 16.5. The highest BCUT2D eigenvalue weighted by molar-refractivity contribution is 5.77. The number of carboxylic acids is 1. The SMILES string of the molecule is COc1cccc(CC(C)NC(=O)N2CCC(C(=O)O)C2)c1. The van der Waals surface area contributed by atoms with Crippen LogP contribution in [0.5, 0.6) is 5.75 Å². The predicted octanol–water partition coefficient (Wildman–Crippen LogP) is 1.74. The molecule has 1 fully saturated rings. The second kappa shape index (κ2) is 7.15. The number of methoxy groups -OCH3 is 1. The van der Waals surface area contributed by atoms with E-state index in [1.54, 1.807) is 12.0 Å². The van der Waals surface area contributed by atoms with Crippen LogP contribution >= 0.6 is 0 Å². The van der Waals surface area contributed by atoms with Gasteiger partial charge >= 0.3 is 12.0 Å². The van der Waals surface area contributed by atoms with Crippen LogP contribution in [0.25, 0.3) is 0 Å². The zero-order valence-electron chi connectivity index (χ0n) is 12.9. The molecule has 2 N–H and O–H groups in total. The summed E-state index contributed by atoms with van der Waals surface area (Å²) < 4.78 is 5.18. The van der Waals surface area contributed by atoms with Crippen LogP contribution in [0, 0.1) is 5.92 Å². The molecule has 2 unspecified atom stereocenters. The van der Waals surface area contributed by atoms with Crippen molar-refractivity contribution in [3.63, 3.8) is 0 Å². The third-order valence-corrected chi connectivity index (χ3v) is 3.87. The molecular weight excluding hydrogens is 284 g/mol. The molecule has 2 atom stereocenters. The fourth-order valence-corrected chi connectivity index (χ4v) is 2.65. The number of rotatable bonds is 5. The van der Waals surface area contributed by atoms with Gasteiger partial charge in [-0.2, -0.15) is 0 Å². The van der Waals surface area contributed by atoms with Crippen LogP contribution in [-0.2, 0) is 11.2 Å². The minimum absolute atomic E-state index is 0.0384. The van der Waals surface area contributed by atoms with Gasteiger partial charge < -0.3 is 20.1 Å². The number of carbonyl (C=O) groups excluding carboxylic acids is 1.